The van der Waals surface area contributed by atoms with Crippen molar-refractivity contribution in [1.82, 2.24) is 0 Å². The largest absolute Gasteiger partial charge is 0.465 e. The first kappa shape index (κ1) is 71.3. The molecule has 0 unspecified atom stereocenters. The highest BCUT2D eigenvalue weighted by molar-refractivity contribution is 8.24. The summed E-state index contributed by atoms with van der Waals surface area (Å²) in [5, 5.41) is 20.3. The van der Waals surface area contributed by atoms with Gasteiger partial charge in [0, 0.05) is 31.4 Å². The Kier molecular flexibility index (Phi) is 28.3. The number of carbonyl (C=O) groups excluding carboxylic acids is 11. The van der Waals surface area contributed by atoms with E-state index in [-0.39, 0.29) is 99.7 Å². The lowest BCUT2D eigenvalue weighted by atomic mass is 9.82. The summed E-state index contributed by atoms with van der Waals surface area (Å²) in [7, 11) is 0. The monoisotopic (exact) mass is 1300 g/mol. The number of esters is 11. The van der Waals surface area contributed by atoms with Crippen LogP contribution >= 0.6 is 23.5 Å². The Hall–Kier alpha value is -8.80. The molecule has 0 spiro atoms. The maximum Gasteiger partial charge on any atom is 0.350 e. The molecular formula is C65H71NO23S2. The molecule has 3 aromatic rings. The third-order valence-corrected chi connectivity index (χ3v) is 16.9. The smallest absolute Gasteiger partial charge is 0.350 e. The summed E-state index contributed by atoms with van der Waals surface area (Å²) in [5.74, 6) is -8.31. The Bertz CT molecular complexity index is 3030. The predicted octanol–water partition coefficient (Wildman–Crippen LogP) is 8.24. The van der Waals surface area contributed by atoms with Crippen LogP contribution in [0.3, 0.4) is 0 Å². The Morgan fingerprint density at radius 2 is 0.813 bits per heavy atom. The van der Waals surface area contributed by atoms with Gasteiger partial charge in [0.1, 0.15) is 55.5 Å². The number of aliphatic hydroxyl groups is 1. The molecule has 2 aliphatic carbocycles. The fourth-order valence-corrected chi connectivity index (χ4v) is 11.7. The fourth-order valence-electron chi connectivity index (χ4n) is 9.17. The molecule has 486 valence electrons. The van der Waals surface area contributed by atoms with E-state index in [1.54, 1.807) is 62.4 Å². The Morgan fingerprint density at radius 1 is 0.484 bits per heavy atom. The zero-order chi connectivity index (χ0) is 65.9. The second-order valence-corrected chi connectivity index (χ2v) is 23.9. The number of hydrogen-bond donors (Lipinski definition) is 1. The summed E-state index contributed by atoms with van der Waals surface area (Å²) >= 11 is 1.92. The molecule has 1 N–H and O–H groups in total. The van der Waals surface area contributed by atoms with Gasteiger partial charge in [-0.25, -0.2) is 14.4 Å². The lowest BCUT2D eigenvalue weighted by Gasteiger charge is -2.26. The number of carbonyl (C=O) groups is 11. The van der Waals surface area contributed by atoms with Gasteiger partial charge >= 0.3 is 65.7 Å². The molecule has 3 aliphatic rings. The first-order valence-electron chi connectivity index (χ1n) is 29.4. The van der Waals surface area contributed by atoms with Crippen LogP contribution in [0.4, 0.5) is 0 Å². The zero-order valence-corrected chi connectivity index (χ0v) is 52.0. The van der Waals surface area contributed by atoms with Crippen molar-refractivity contribution >= 4 is 89.2 Å². The molecule has 1 aliphatic heterocycles. The van der Waals surface area contributed by atoms with Gasteiger partial charge in [-0.3, -0.25) is 38.4 Å². The van der Waals surface area contributed by atoms with E-state index in [2.05, 4.69) is 13.2 Å². The van der Waals surface area contributed by atoms with E-state index >= 15 is 0 Å². The third-order valence-electron chi connectivity index (χ3n) is 14.3. The molecule has 6 rings (SSSR count). The maximum absolute atomic E-state index is 13.8. The topological polar surface area (TPSA) is 333 Å². The first-order chi connectivity index (χ1) is 43.6. The van der Waals surface area contributed by atoms with Gasteiger partial charge in [0.25, 0.3) is 0 Å². The average molecular weight is 1300 g/mol. The lowest BCUT2D eigenvalue weighted by Crippen LogP contribution is -2.30. The van der Waals surface area contributed by atoms with Crippen LogP contribution in [0.25, 0.3) is 0 Å². The second-order valence-electron chi connectivity index (χ2n) is 21.6. The predicted molar refractivity (Wildman–Crippen MR) is 321 cm³/mol. The number of benzene rings is 3. The van der Waals surface area contributed by atoms with Gasteiger partial charge in [-0.05, 0) is 113 Å². The minimum absolute atomic E-state index is 0.0382. The Morgan fingerprint density at radius 3 is 1.14 bits per heavy atom. The van der Waals surface area contributed by atoms with Crippen molar-refractivity contribution in [2.75, 3.05) is 46.2 Å². The minimum Gasteiger partial charge on any atom is -0.465 e. The van der Waals surface area contributed by atoms with Gasteiger partial charge in [0.15, 0.2) is 5.57 Å². The molecule has 91 heavy (non-hydrogen) atoms. The van der Waals surface area contributed by atoms with Crippen molar-refractivity contribution in [3.63, 3.8) is 0 Å². The molecule has 0 amide bonds. The fraction of sp³-hybridized carbons (Fsp3) is 0.446. The summed E-state index contributed by atoms with van der Waals surface area (Å²) in [6.45, 7) is 8.91. The first-order valence-corrected chi connectivity index (χ1v) is 31.1. The van der Waals surface area contributed by atoms with Crippen molar-refractivity contribution in [2.45, 2.75) is 126 Å². The standard InChI is InChI=1S/C65H71NO23S2/c1-5-51(67)81-35-37-83-55(71)27-25-53(69)79-32-29-40-7-19-46(20-8-40)86-59(73)42-11-15-44(16-12-42)61(75)88-49-23-24-50(58-57(49)90-64(91-58)48(39-66)63(77)85-34-31-65(3,4)78)89-62(76)45-17-13-43(14-18-45)60(74)87-47-21-9-41(10-22-47)30-33-80-54(70)26-28-56(72)84-38-36-82-52(68)6-2/h5-10,19-24,42-45,78H,1-2,11-18,25-38H2,3-4H3. The van der Waals surface area contributed by atoms with Gasteiger partial charge in [-0.15, -0.1) is 0 Å². The van der Waals surface area contributed by atoms with E-state index in [1.165, 1.54) is 12.1 Å². The van der Waals surface area contributed by atoms with Crippen LogP contribution < -0.4 is 18.9 Å². The van der Waals surface area contributed by atoms with Gasteiger partial charge in [0.05, 0.1) is 88.8 Å². The summed E-state index contributed by atoms with van der Waals surface area (Å²) < 4.78 is 58.5. The van der Waals surface area contributed by atoms with Crippen LogP contribution in [0.15, 0.2) is 106 Å². The van der Waals surface area contributed by atoms with Crippen LogP contribution in [0.5, 0.6) is 23.0 Å². The van der Waals surface area contributed by atoms with Crippen molar-refractivity contribution in [2.24, 2.45) is 23.7 Å². The van der Waals surface area contributed by atoms with Crippen LogP contribution in [0, 0.1) is 35.0 Å². The van der Waals surface area contributed by atoms with E-state index in [4.69, 9.17) is 52.1 Å². The van der Waals surface area contributed by atoms with Gasteiger partial charge in [0.2, 0.25) is 0 Å². The molecule has 24 nitrogen and oxygen atoms in total. The summed E-state index contributed by atoms with van der Waals surface area (Å²) in [6, 6.07) is 18.1. The molecule has 1 heterocycles. The average Bonchev–Trinajstić information content (AvgIpc) is 1.69. The van der Waals surface area contributed by atoms with E-state index in [0.717, 1.165) is 46.8 Å². The molecule has 0 aromatic heterocycles. The van der Waals surface area contributed by atoms with Crippen molar-refractivity contribution in [3.05, 3.63) is 107 Å². The van der Waals surface area contributed by atoms with Crippen molar-refractivity contribution < 1.29 is 110 Å². The number of fused-ring (bicyclic) bond motifs is 1. The number of thioether (sulfide) groups is 2. The number of hydrogen-bond acceptors (Lipinski definition) is 26. The molecule has 3 aromatic carbocycles. The summed E-state index contributed by atoms with van der Waals surface area (Å²) in [4.78, 5) is 138. The molecule has 0 radical (unpaired) electrons. The van der Waals surface area contributed by atoms with Crippen molar-refractivity contribution in [1.29, 1.82) is 5.26 Å². The van der Waals surface area contributed by atoms with Gasteiger partial charge in [-0.1, -0.05) is 60.9 Å². The Labute approximate surface area is 533 Å². The van der Waals surface area contributed by atoms with E-state index in [0.29, 0.717) is 85.5 Å². The van der Waals surface area contributed by atoms with Crippen LogP contribution in [-0.2, 0) is 98.7 Å². The van der Waals surface area contributed by atoms with Crippen LogP contribution in [0.2, 0.25) is 0 Å². The SMILES string of the molecule is C=CC(=O)OCCOC(=O)CCC(=O)OCCc1ccc(OC(=O)C2CCC(C(=O)Oc3ccc(OC(=O)C4CCC(C(=O)Oc5ccc(CCOC(=O)CCC(=O)OCCOC(=O)C=C)cc5)CC4)c4c3SC(=C(C#N)C(=O)OCCC(C)(C)O)S4)CC2)cc1. The lowest BCUT2D eigenvalue weighted by molar-refractivity contribution is -0.152. The molecule has 0 saturated heterocycles. The number of ether oxygens (including phenoxy) is 11. The second kappa shape index (κ2) is 36.1. The normalized spacial score (nSPS) is 16.6. The third kappa shape index (κ3) is 24.2. The van der Waals surface area contributed by atoms with Crippen LogP contribution in [0.1, 0.15) is 108 Å². The number of nitriles is 1. The van der Waals surface area contributed by atoms with Gasteiger partial charge < -0.3 is 57.2 Å². The number of nitrogens with zero attached hydrogens (tertiary/aromatic N) is 1. The van der Waals surface area contributed by atoms with Crippen molar-refractivity contribution in [3.8, 4) is 29.1 Å². The quantitative estimate of drug-likeness (QED) is 0.0153. The Balaban J connectivity index is 0.963. The van der Waals surface area contributed by atoms with E-state index < -0.39 is 94.9 Å². The van der Waals surface area contributed by atoms with E-state index in [1.807, 2.05) is 6.07 Å². The minimum atomic E-state index is -1.15. The maximum atomic E-state index is 13.8. The molecule has 0 atom stereocenters. The molecule has 2 saturated carbocycles. The highest BCUT2D eigenvalue weighted by atomic mass is 32.2. The highest BCUT2D eigenvalue weighted by Crippen LogP contribution is 2.59. The molecule has 2 fully saturated rings. The summed E-state index contributed by atoms with van der Waals surface area (Å²) in [6.07, 6.45) is 4.44. The molecular weight excluding hydrogens is 1230 g/mol. The number of rotatable bonds is 32. The van der Waals surface area contributed by atoms with Crippen LogP contribution in [-0.4, -0.2) is 123 Å². The summed E-state index contributed by atoms with van der Waals surface area (Å²) in [5.41, 5.74) is 0.0813. The highest BCUT2D eigenvalue weighted by Gasteiger charge is 2.38. The molecule has 0 bridgehead atoms. The molecule has 26 heteroatoms. The van der Waals surface area contributed by atoms with Gasteiger partial charge in [-0.2, -0.15) is 5.26 Å². The zero-order valence-electron chi connectivity index (χ0n) is 50.4. The van der Waals surface area contributed by atoms with E-state index in [9.17, 15) is 63.1 Å².